The lowest BCUT2D eigenvalue weighted by molar-refractivity contribution is 1.15. The molecule has 2 aromatic carbocycles. The highest BCUT2D eigenvalue weighted by molar-refractivity contribution is 5.90. The van der Waals surface area contributed by atoms with Gasteiger partial charge in [-0.15, -0.1) is 0 Å². The van der Waals surface area contributed by atoms with E-state index in [-0.39, 0.29) is 0 Å². The molecule has 0 saturated heterocycles. The van der Waals surface area contributed by atoms with Gasteiger partial charge in [-0.3, -0.25) is 4.98 Å². The molecule has 1 N–H and O–H groups in total. The fourth-order valence-electron chi connectivity index (χ4n) is 2.04. The van der Waals surface area contributed by atoms with Crippen LogP contribution in [-0.4, -0.2) is 4.98 Å². The number of nitrogens with zero attached hydrogens (tertiary/aromatic N) is 1. The average Bonchev–Trinajstić information content (AvgIpc) is 3.05. The SMILES string of the molecule is CC.CC.CC.CC.CC.CC.CC.CC.CC.c1ccc(CNc2ccnc3ccccc23)cc1. The molecule has 0 bridgehead atoms. The van der Waals surface area contributed by atoms with E-state index in [2.05, 4.69) is 40.6 Å². The molecule has 0 aliphatic heterocycles. The second kappa shape index (κ2) is 58.5. The lowest BCUT2D eigenvalue weighted by atomic mass is 10.1. The van der Waals surface area contributed by atoms with Crippen LogP contribution in [0.1, 0.15) is 130 Å². The Bertz CT molecular complexity index is 644. The molecule has 0 unspecified atom stereocenters. The Balaban J connectivity index is -0.0000000798. The number of nitrogens with one attached hydrogen (secondary N) is 1. The summed E-state index contributed by atoms with van der Waals surface area (Å²) < 4.78 is 0. The number of fused-ring (bicyclic) bond motifs is 1. The third-order valence-electron chi connectivity index (χ3n) is 2.97. The van der Waals surface area contributed by atoms with E-state index >= 15 is 0 Å². The zero-order valence-electron chi connectivity index (χ0n) is 28.0. The third-order valence-corrected chi connectivity index (χ3v) is 2.97. The van der Waals surface area contributed by atoms with Crippen molar-refractivity contribution in [2.45, 2.75) is 131 Å². The van der Waals surface area contributed by atoms with Gasteiger partial charge >= 0.3 is 0 Å². The molecule has 0 aliphatic rings. The van der Waals surface area contributed by atoms with E-state index in [1.165, 1.54) is 5.56 Å². The molecule has 3 aromatic rings. The molecule has 1 aromatic heterocycles. The molecule has 0 atom stereocenters. The van der Waals surface area contributed by atoms with Gasteiger partial charge in [-0.2, -0.15) is 0 Å². The average molecular weight is 505 g/mol. The molecule has 1 heterocycles. The summed E-state index contributed by atoms with van der Waals surface area (Å²) in [6.07, 6.45) is 1.84. The van der Waals surface area contributed by atoms with Crippen molar-refractivity contribution in [2.24, 2.45) is 0 Å². The van der Waals surface area contributed by atoms with Crippen LogP contribution in [0.2, 0.25) is 0 Å². The summed E-state index contributed by atoms with van der Waals surface area (Å²) >= 11 is 0. The molecular weight excluding hydrogens is 436 g/mol. The smallest absolute Gasteiger partial charge is 0.0722 e. The number of anilines is 1. The van der Waals surface area contributed by atoms with Crippen molar-refractivity contribution < 1.29 is 0 Å². The van der Waals surface area contributed by atoms with Crippen molar-refractivity contribution in [3.63, 3.8) is 0 Å². The zero-order valence-corrected chi connectivity index (χ0v) is 28.0. The number of rotatable bonds is 3. The second-order valence-corrected chi connectivity index (χ2v) is 4.21. The Labute approximate surface area is 230 Å². The predicted molar refractivity (Wildman–Crippen MR) is 178 cm³/mol. The van der Waals surface area contributed by atoms with Crippen molar-refractivity contribution in [3.05, 3.63) is 72.4 Å². The normalized spacial score (nSPS) is 6.72. The second-order valence-electron chi connectivity index (χ2n) is 4.21. The molecular formula is C34H68N2. The van der Waals surface area contributed by atoms with Gasteiger partial charge in [0.1, 0.15) is 0 Å². The summed E-state index contributed by atoms with van der Waals surface area (Å²) in [6.45, 7) is 36.8. The minimum absolute atomic E-state index is 0.828. The third kappa shape index (κ3) is 29.7. The summed E-state index contributed by atoms with van der Waals surface area (Å²) in [5.74, 6) is 0. The van der Waals surface area contributed by atoms with E-state index in [1.54, 1.807) is 0 Å². The molecule has 2 heteroatoms. The fourth-order valence-corrected chi connectivity index (χ4v) is 2.04. The van der Waals surface area contributed by atoms with E-state index in [1.807, 2.05) is 161 Å². The number of benzene rings is 2. The highest BCUT2D eigenvalue weighted by Crippen LogP contribution is 2.21. The highest BCUT2D eigenvalue weighted by atomic mass is 14.9. The first-order chi connectivity index (χ1) is 17.9. The molecule has 2 nitrogen and oxygen atoms in total. The Morgan fingerprint density at radius 1 is 0.472 bits per heavy atom. The van der Waals surface area contributed by atoms with Crippen LogP contribution in [0.4, 0.5) is 5.69 Å². The van der Waals surface area contributed by atoms with Crippen molar-refractivity contribution >= 4 is 16.6 Å². The lowest BCUT2D eigenvalue weighted by Gasteiger charge is -2.09. The summed E-state index contributed by atoms with van der Waals surface area (Å²) in [6, 6.07) is 20.6. The van der Waals surface area contributed by atoms with E-state index in [4.69, 9.17) is 0 Å². The molecule has 0 amide bonds. The van der Waals surface area contributed by atoms with Crippen LogP contribution in [0, 0.1) is 0 Å². The summed E-state index contributed by atoms with van der Waals surface area (Å²) in [7, 11) is 0. The molecule has 0 aliphatic carbocycles. The van der Waals surface area contributed by atoms with Crippen molar-refractivity contribution in [1.82, 2.24) is 4.98 Å². The van der Waals surface area contributed by atoms with E-state index in [9.17, 15) is 0 Å². The standard InChI is InChI=1S/C16H14N2.9C2H6/c1-2-6-13(7-3-1)12-18-16-10-11-17-15-9-5-4-8-14(15)16;9*1-2/h1-11H,12H2,(H,17,18);9*1-2H3. The van der Waals surface area contributed by atoms with Gasteiger partial charge in [0, 0.05) is 23.8 Å². The molecule has 214 valence electrons. The topological polar surface area (TPSA) is 24.9 Å². The molecule has 0 fully saturated rings. The van der Waals surface area contributed by atoms with Gasteiger partial charge in [0.15, 0.2) is 0 Å². The van der Waals surface area contributed by atoms with Crippen molar-refractivity contribution in [2.75, 3.05) is 5.32 Å². The van der Waals surface area contributed by atoms with Crippen LogP contribution < -0.4 is 5.32 Å². The molecule has 0 radical (unpaired) electrons. The van der Waals surface area contributed by atoms with Gasteiger partial charge in [-0.25, -0.2) is 0 Å². The summed E-state index contributed by atoms with van der Waals surface area (Å²) in [4.78, 5) is 4.36. The van der Waals surface area contributed by atoms with Gasteiger partial charge < -0.3 is 5.32 Å². The molecule has 0 saturated carbocycles. The molecule has 0 spiro atoms. The van der Waals surface area contributed by atoms with Crippen LogP contribution in [-0.2, 0) is 6.54 Å². The maximum Gasteiger partial charge on any atom is 0.0722 e. The van der Waals surface area contributed by atoms with Crippen molar-refractivity contribution in [3.8, 4) is 0 Å². The van der Waals surface area contributed by atoms with Crippen LogP contribution in [0.25, 0.3) is 10.9 Å². The summed E-state index contributed by atoms with van der Waals surface area (Å²) in [5.41, 5.74) is 3.43. The quantitative estimate of drug-likeness (QED) is 0.383. The minimum Gasteiger partial charge on any atom is -0.380 e. The first kappa shape index (κ1) is 50.5. The molecule has 36 heavy (non-hydrogen) atoms. The maximum absolute atomic E-state index is 4.36. The first-order valence-corrected chi connectivity index (χ1v) is 15.0. The van der Waals surface area contributed by atoms with E-state index in [0.29, 0.717) is 0 Å². The van der Waals surface area contributed by atoms with Gasteiger partial charge in [0.05, 0.1) is 5.52 Å². The Kier molecular flexibility index (Phi) is 82.0. The highest BCUT2D eigenvalue weighted by Gasteiger charge is 2.00. The zero-order chi connectivity index (χ0) is 30.2. The maximum atomic E-state index is 4.36. The Morgan fingerprint density at radius 2 is 0.861 bits per heavy atom. The van der Waals surface area contributed by atoms with Crippen LogP contribution in [0.15, 0.2) is 66.9 Å². The van der Waals surface area contributed by atoms with Gasteiger partial charge in [0.2, 0.25) is 0 Å². The number of hydrogen-bond donors (Lipinski definition) is 1. The van der Waals surface area contributed by atoms with E-state index < -0.39 is 0 Å². The molecule has 3 rings (SSSR count). The Morgan fingerprint density at radius 3 is 1.31 bits per heavy atom. The first-order valence-electron chi connectivity index (χ1n) is 15.0. The van der Waals surface area contributed by atoms with Crippen LogP contribution in [0.3, 0.4) is 0 Å². The fraction of sp³-hybridized carbons (Fsp3) is 0.559. The Hall–Kier alpha value is -2.35. The monoisotopic (exact) mass is 505 g/mol. The summed E-state index contributed by atoms with van der Waals surface area (Å²) in [5, 5.41) is 4.63. The van der Waals surface area contributed by atoms with Gasteiger partial charge in [-0.05, 0) is 17.7 Å². The van der Waals surface area contributed by atoms with E-state index in [0.717, 1.165) is 23.1 Å². The number of pyridine rings is 1. The van der Waals surface area contributed by atoms with Crippen LogP contribution in [0.5, 0.6) is 0 Å². The lowest BCUT2D eigenvalue weighted by Crippen LogP contribution is -1.99. The van der Waals surface area contributed by atoms with Crippen LogP contribution >= 0.6 is 0 Å². The minimum atomic E-state index is 0.828. The predicted octanol–water partition coefficient (Wildman–Crippen LogP) is 13.1. The largest absolute Gasteiger partial charge is 0.380 e. The van der Waals surface area contributed by atoms with Gasteiger partial charge in [0.25, 0.3) is 0 Å². The number of aromatic nitrogens is 1. The number of para-hydroxylation sites is 1. The van der Waals surface area contributed by atoms with Crippen molar-refractivity contribution in [1.29, 1.82) is 0 Å². The number of hydrogen-bond acceptors (Lipinski definition) is 2. The van der Waals surface area contributed by atoms with Gasteiger partial charge in [-0.1, -0.05) is 173 Å².